The maximum absolute atomic E-state index is 13.0. The lowest BCUT2D eigenvalue weighted by atomic mass is 9.64. The molecule has 2 aliphatic rings. The maximum Gasteiger partial charge on any atom is 0.326 e. The number of nitrogens with zero attached hydrogens (tertiary/aromatic N) is 1. The van der Waals surface area contributed by atoms with Crippen LogP contribution in [0, 0.1) is 11.3 Å². The number of carbonyl (C=O) groups excluding carboxylic acids is 3. The van der Waals surface area contributed by atoms with Crippen molar-refractivity contribution in [2.45, 2.75) is 45.6 Å². The molecule has 1 N–H and O–H groups in total. The van der Waals surface area contributed by atoms with Gasteiger partial charge in [-0.1, -0.05) is 44.5 Å². The largest absolute Gasteiger partial charge is 0.488 e. The Morgan fingerprint density at radius 3 is 2.66 bits per heavy atom. The highest BCUT2D eigenvalue weighted by Crippen LogP contribution is 2.46. The number of halogens is 1. The molecule has 3 rings (SSSR count). The Bertz CT molecular complexity index is 812. The van der Waals surface area contributed by atoms with Crippen molar-refractivity contribution in [3.05, 3.63) is 29.3 Å². The molecule has 1 aromatic rings. The number of para-hydroxylation sites is 1. The first-order chi connectivity index (χ1) is 13.6. The Balaban J connectivity index is 1.52. The van der Waals surface area contributed by atoms with Crippen LogP contribution in [0.3, 0.4) is 0 Å². The highest BCUT2D eigenvalue weighted by molar-refractivity contribution is 6.32. The average Bonchev–Trinajstić information content (AvgIpc) is 2.81. The summed E-state index contributed by atoms with van der Waals surface area (Å²) in [6.45, 7) is 5.97. The van der Waals surface area contributed by atoms with Crippen LogP contribution < -0.4 is 10.1 Å². The number of hydrogen-bond donors (Lipinski definition) is 1. The van der Waals surface area contributed by atoms with E-state index in [0.717, 1.165) is 11.3 Å². The summed E-state index contributed by atoms with van der Waals surface area (Å²) in [7, 11) is 0. The molecule has 2 fully saturated rings. The minimum absolute atomic E-state index is 0.0110. The smallest absolute Gasteiger partial charge is 0.326 e. The van der Waals surface area contributed by atoms with Crippen LogP contribution in [-0.4, -0.2) is 48.1 Å². The summed E-state index contributed by atoms with van der Waals surface area (Å²) >= 11 is 5.99. The van der Waals surface area contributed by atoms with E-state index in [0.29, 0.717) is 29.5 Å². The van der Waals surface area contributed by atoms with E-state index in [9.17, 15) is 14.4 Å². The van der Waals surface area contributed by atoms with Crippen LogP contribution >= 0.6 is 11.6 Å². The van der Waals surface area contributed by atoms with E-state index < -0.39 is 24.1 Å². The van der Waals surface area contributed by atoms with Crippen LogP contribution in [0.4, 0.5) is 4.79 Å². The number of nitrogens with one attached hydrogen (secondary N) is 1. The Morgan fingerprint density at radius 2 is 1.97 bits per heavy atom. The number of esters is 1. The number of carbonyl (C=O) groups is 3. The van der Waals surface area contributed by atoms with Crippen LogP contribution in [0.2, 0.25) is 5.02 Å². The minimum Gasteiger partial charge on any atom is -0.488 e. The number of ether oxygens (including phenoxy) is 2. The Kier molecular flexibility index (Phi) is 6.08. The highest BCUT2D eigenvalue weighted by atomic mass is 35.5. The lowest BCUT2D eigenvalue weighted by Crippen LogP contribution is -2.54. The Hall–Kier alpha value is -2.28. The molecule has 1 aliphatic carbocycles. The van der Waals surface area contributed by atoms with E-state index in [1.807, 2.05) is 0 Å². The Morgan fingerprint density at radius 1 is 1.24 bits per heavy atom. The highest BCUT2D eigenvalue weighted by Gasteiger charge is 2.56. The summed E-state index contributed by atoms with van der Waals surface area (Å²) in [5, 5.41) is 3.31. The summed E-state index contributed by atoms with van der Waals surface area (Å²) in [6.07, 6.45) is 2.13. The molecule has 0 aromatic heterocycles. The molecule has 1 spiro atoms. The van der Waals surface area contributed by atoms with Crippen LogP contribution in [0.15, 0.2) is 24.3 Å². The van der Waals surface area contributed by atoms with Crippen LogP contribution in [0.1, 0.15) is 40.0 Å². The summed E-state index contributed by atoms with van der Waals surface area (Å²) in [6, 6.07) is 6.44. The standard InChI is InChI=1S/C21H27ClN2O5/c1-14-10-20(2,3)13-21(11-14)18(26)24(19(27)23-21)12-17(25)29-9-8-28-16-7-5-4-6-15(16)22/h4-7,14H,8-13H2,1-3H3,(H,23,27)/t14-,21+/m0/s1. The van der Waals surface area contributed by atoms with Crippen molar-refractivity contribution in [1.29, 1.82) is 0 Å². The molecule has 2 atom stereocenters. The summed E-state index contributed by atoms with van der Waals surface area (Å²) in [5.74, 6) is -0.199. The summed E-state index contributed by atoms with van der Waals surface area (Å²) in [5.41, 5.74) is -0.987. The predicted molar refractivity (Wildman–Crippen MR) is 108 cm³/mol. The summed E-state index contributed by atoms with van der Waals surface area (Å²) < 4.78 is 10.6. The maximum atomic E-state index is 13.0. The van der Waals surface area contributed by atoms with Crippen molar-refractivity contribution in [2.75, 3.05) is 19.8 Å². The zero-order valence-corrected chi connectivity index (χ0v) is 17.8. The second-order valence-electron chi connectivity index (χ2n) is 8.76. The van der Waals surface area contributed by atoms with Gasteiger partial charge in [-0.25, -0.2) is 4.79 Å². The zero-order valence-electron chi connectivity index (χ0n) is 17.0. The van der Waals surface area contributed by atoms with E-state index in [2.05, 4.69) is 26.1 Å². The summed E-state index contributed by atoms with van der Waals surface area (Å²) in [4.78, 5) is 38.5. The first-order valence-electron chi connectivity index (χ1n) is 9.79. The molecule has 0 radical (unpaired) electrons. The van der Waals surface area contributed by atoms with E-state index in [4.69, 9.17) is 21.1 Å². The fourth-order valence-corrected chi connectivity index (χ4v) is 4.88. The van der Waals surface area contributed by atoms with Crippen molar-refractivity contribution in [2.24, 2.45) is 11.3 Å². The molecule has 158 valence electrons. The van der Waals surface area contributed by atoms with Crippen molar-refractivity contribution < 1.29 is 23.9 Å². The van der Waals surface area contributed by atoms with Crippen LogP contribution in [0.5, 0.6) is 5.75 Å². The van der Waals surface area contributed by atoms with E-state index in [-0.39, 0.29) is 24.5 Å². The first-order valence-corrected chi connectivity index (χ1v) is 10.2. The lowest BCUT2D eigenvalue weighted by Gasteiger charge is -2.43. The topological polar surface area (TPSA) is 84.9 Å². The molecule has 1 aliphatic heterocycles. The molecule has 0 unspecified atom stereocenters. The third kappa shape index (κ3) is 4.83. The number of rotatable bonds is 6. The third-order valence-electron chi connectivity index (χ3n) is 5.35. The van der Waals surface area contributed by atoms with Gasteiger partial charge in [0.15, 0.2) is 0 Å². The van der Waals surface area contributed by atoms with Crippen molar-refractivity contribution in [1.82, 2.24) is 10.2 Å². The number of amides is 3. The molecule has 3 amide bonds. The average molecular weight is 423 g/mol. The molecule has 1 heterocycles. The molecular weight excluding hydrogens is 396 g/mol. The Labute approximate surface area is 175 Å². The predicted octanol–water partition coefficient (Wildman–Crippen LogP) is 3.40. The molecular formula is C21H27ClN2O5. The van der Waals surface area contributed by atoms with Gasteiger partial charge < -0.3 is 14.8 Å². The van der Waals surface area contributed by atoms with Crippen molar-refractivity contribution >= 4 is 29.5 Å². The molecule has 1 saturated heterocycles. The van der Waals surface area contributed by atoms with E-state index >= 15 is 0 Å². The molecule has 1 aromatic carbocycles. The number of urea groups is 1. The molecule has 29 heavy (non-hydrogen) atoms. The molecule has 1 saturated carbocycles. The van der Waals surface area contributed by atoms with Gasteiger partial charge in [0.1, 0.15) is 31.0 Å². The molecule has 7 nitrogen and oxygen atoms in total. The van der Waals surface area contributed by atoms with E-state index in [1.54, 1.807) is 24.3 Å². The van der Waals surface area contributed by atoms with Gasteiger partial charge >= 0.3 is 12.0 Å². The second kappa shape index (κ2) is 8.22. The first kappa shape index (κ1) is 21.4. The third-order valence-corrected chi connectivity index (χ3v) is 5.66. The quantitative estimate of drug-likeness (QED) is 0.431. The number of imide groups is 1. The lowest BCUT2D eigenvalue weighted by molar-refractivity contribution is -0.149. The normalized spacial score (nSPS) is 25.8. The van der Waals surface area contributed by atoms with E-state index in [1.165, 1.54) is 0 Å². The van der Waals surface area contributed by atoms with Crippen molar-refractivity contribution in [3.63, 3.8) is 0 Å². The van der Waals surface area contributed by atoms with Gasteiger partial charge in [0, 0.05) is 0 Å². The monoisotopic (exact) mass is 422 g/mol. The molecule has 0 bridgehead atoms. The fourth-order valence-electron chi connectivity index (χ4n) is 4.69. The van der Waals surface area contributed by atoms with Gasteiger partial charge in [-0.3, -0.25) is 14.5 Å². The van der Waals surface area contributed by atoms with Crippen LogP contribution in [-0.2, 0) is 14.3 Å². The van der Waals surface area contributed by atoms with Crippen LogP contribution in [0.25, 0.3) is 0 Å². The number of benzene rings is 1. The SMILES string of the molecule is C[C@H]1CC(C)(C)C[C@@]2(C1)NC(=O)N(CC(=O)OCCOc1ccccc1Cl)C2=O. The second-order valence-corrected chi connectivity index (χ2v) is 9.16. The van der Waals surface area contributed by atoms with Gasteiger partial charge in [0.25, 0.3) is 5.91 Å². The van der Waals surface area contributed by atoms with Gasteiger partial charge in [-0.2, -0.15) is 0 Å². The molecule has 8 heteroatoms. The van der Waals surface area contributed by atoms with Gasteiger partial charge in [-0.15, -0.1) is 0 Å². The van der Waals surface area contributed by atoms with Gasteiger partial charge in [0.05, 0.1) is 5.02 Å². The fraction of sp³-hybridized carbons (Fsp3) is 0.571. The van der Waals surface area contributed by atoms with Gasteiger partial charge in [0.2, 0.25) is 0 Å². The number of hydrogen-bond acceptors (Lipinski definition) is 5. The van der Waals surface area contributed by atoms with Crippen molar-refractivity contribution in [3.8, 4) is 5.75 Å². The van der Waals surface area contributed by atoms with Gasteiger partial charge in [-0.05, 0) is 42.7 Å². The zero-order chi connectivity index (χ0) is 21.2. The minimum atomic E-state index is -0.925.